The fourth-order valence-electron chi connectivity index (χ4n) is 6.70. The predicted molar refractivity (Wildman–Crippen MR) is 184 cm³/mol. The molecule has 1 aromatic heterocycles. The molecule has 8 heteroatoms. The summed E-state index contributed by atoms with van der Waals surface area (Å²) in [7, 11) is 0. The predicted octanol–water partition coefficient (Wildman–Crippen LogP) is 9.06. The molecule has 0 saturated heterocycles. The molecule has 8 nitrogen and oxygen atoms in total. The van der Waals surface area contributed by atoms with Gasteiger partial charge in [-0.05, 0) is 77.9 Å². The Morgan fingerprint density at radius 3 is 1.93 bits per heavy atom. The quantitative estimate of drug-likeness (QED) is 0.0836. The molecule has 0 aliphatic rings. The van der Waals surface area contributed by atoms with Crippen LogP contribution in [0.4, 0.5) is 5.69 Å². The van der Waals surface area contributed by atoms with Crippen molar-refractivity contribution in [2.75, 3.05) is 0 Å². The van der Waals surface area contributed by atoms with E-state index in [0.717, 1.165) is 10.9 Å². The molecule has 0 saturated carbocycles. The van der Waals surface area contributed by atoms with Gasteiger partial charge < -0.3 is 30.6 Å². The molecular formula is C38H36N2O6. The van der Waals surface area contributed by atoms with Crippen molar-refractivity contribution in [3.8, 4) is 45.6 Å². The van der Waals surface area contributed by atoms with Crippen LogP contribution >= 0.6 is 0 Å². The van der Waals surface area contributed by atoms with Crippen molar-refractivity contribution in [3.05, 3.63) is 82.5 Å². The molecular weight excluding hydrogens is 580 g/mol. The van der Waals surface area contributed by atoms with Crippen LogP contribution in [0.2, 0.25) is 0 Å². The van der Waals surface area contributed by atoms with Crippen molar-refractivity contribution in [1.82, 2.24) is 4.98 Å². The van der Waals surface area contributed by atoms with Crippen molar-refractivity contribution in [2.45, 2.75) is 53.4 Å². The Labute approximate surface area is 266 Å². The number of hydrogen-bond acceptors (Lipinski definition) is 8. The Balaban J connectivity index is 1.70. The first kappa shape index (κ1) is 30.5. The van der Waals surface area contributed by atoms with E-state index in [2.05, 4.69) is 9.98 Å². The zero-order valence-corrected chi connectivity index (χ0v) is 26.5. The van der Waals surface area contributed by atoms with E-state index in [0.29, 0.717) is 55.2 Å². The normalized spacial score (nSPS) is 12.1. The van der Waals surface area contributed by atoms with E-state index in [1.54, 1.807) is 20.0 Å². The molecule has 6 aromatic rings. The number of rotatable bonds is 5. The maximum Gasteiger partial charge on any atom is 0.167 e. The topological polar surface area (TPSA) is 147 Å². The van der Waals surface area contributed by atoms with Crippen molar-refractivity contribution < 1.29 is 30.6 Å². The van der Waals surface area contributed by atoms with Crippen molar-refractivity contribution in [2.24, 2.45) is 4.99 Å². The summed E-state index contributed by atoms with van der Waals surface area (Å²) in [6.45, 7) is 11.2. The summed E-state index contributed by atoms with van der Waals surface area (Å²) in [4.78, 5) is 9.05. The summed E-state index contributed by atoms with van der Waals surface area (Å²) in [6, 6.07) is 14.2. The van der Waals surface area contributed by atoms with Gasteiger partial charge in [0.1, 0.15) is 11.5 Å². The van der Waals surface area contributed by atoms with Gasteiger partial charge in [0, 0.05) is 50.8 Å². The average Bonchev–Trinajstić information content (AvgIpc) is 3.00. The standard InChI is InChI=1S/C38H36N2O6/c1-17(2)29-22-13-19(5)31(34(42)23(22)15-28(41)36(29)44)32-20(6)14-24-30(18(3)4)38(46)35(43)25(33(24)37(32)45)16-40-27-11-7-10-26-21(27)9-8-12-39-26/h7-18,41-46H,1-6H3. The van der Waals surface area contributed by atoms with E-state index < -0.39 is 5.75 Å². The third kappa shape index (κ3) is 4.60. The van der Waals surface area contributed by atoms with Gasteiger partial charge in [0.15, 0.2) is 23.0 Å². The highest BCUT2D eigenvalue weighted by Crippen LogP contribution is 2.53. The molecule has 0 amide bonds. The van der Waals surface area contributed by atoms with Crippen LogP contribution in [0.25, 0.3) is 43.6 Å². The number of hydrogen-bond donors (Lipinski definition) is 6. The molecule has 0 radical (unpaired) electrons. The van der Waals surface area contributed by atoms with Crippen molar-refractivity contribution in [3.63, 3.8) is 0 Å². The Morgan fingerprint density at radius 1 is 0.630 bits per heavy atom. The van der Waals surface area contributed by atoms with Crippen LogP contribution < -0.4 is 0 Å². The van der Waals surface area contributed by atoms with Crippen LogP contribution in [-0.4, -0.2) is 41.8 Å². The Morgan fingerprint density at radius 2 is 1.26 bits per heavy atom. The summed E-state index contributed by atoms with van der Waals surface area (Å²) in [5, 5.41) is 70.2. The smallest absolute Gasteiger partial charge is 0.167 e. The molecule has 0 fully saturated rings. The number of nitrogens with zero attached hydrogens (tertiary/aromatic N) is 2. The molecule has 1 heterocycles. The highest BCUT2D eigenvalue weighted by atomic mass is 16.3. The molecule has 0 aliphatic heterocycles. The monoisotopic (exact) mass is 616 g/mol. The molecule has 46 heavy (non-hydrogen) atoms. The lowest BCUT2D eigenvalue weighted by Crippen LogP contribution is -2.00. The van der Waals surface area contributed by atoms with E-state index in [4.69, 9.17) is 0 Å². The molecule has 6 rings (SSSR count). The third-order valence-electron chi connectivity index (χ3n) is 8.76. The molecule has 6 N–H and O–H groups in total. The second-order valence-electron chi connectivity index (χ2n) is 12.4. The van der Waals surface area contributed by atoms with Gasteiger partial charge in [0.25, 0.3) is 0 Å². The number of benzene rings is 5. The van der Waals surface area contributed by atoms with Crippen LogP contribution in [-0.2, 0) is 0 Å². The van der Waals surface area contributed by atoms with Crippen LogP contribution in [0.15, 0.2) is 59.7 Å². The van der Waals surface area contributed by atoms with Gasteiger partial charge in [-0.1, -0.05) is 45.9 Å². The maximum absolute atomic E-state index is 12.2. The van der Waals surface area contributed by atoms with E-state index in [9.17, 15) is 30.6 Å². The lowest BCUT2D eigenvalue weighted by atomic mass is 9.84. The molecule has 234 valence electrons. The summed E-state index contributed by atoms with van der Waals surface area (Å²) in [5.41, 5.74) is 4.31. The fraction of sp³-hybridized carbons (Fsp3) is 0.211. The van der Waals surface area contributed by atoms with Gasteiger partial charge in [-0.3, -0.25) is 9.98 Å². The van der Waals surface area contributed by atoms with Crippen LogP contribution in [0.1, 0.15) is 67.3 Å². The Bertz CT molecular complexity index is 2250. The number of pyridine rings is 1. The maximum atomic E-state index is 12.2. The summed E-state index contributed by atoms with van der Waals surface area (Å²) < 4.78 is 0. The van der Waals surface area contributed by atoms with Crippen LogP contribution in [0, 0.1) is 13.8 Å². The van der Waals surface area contributed by atoms with Gasteiger partial charge in [-0.25, -0.2) is 0 Å². The molecule has 0 atom stereocenters. The Kier molecular flexibility index (Phi) is 7.39. The molecule has 5 aromatic carbocycles. The Hall–Kier alpha value is -5.50. The molecule has 0 spiro atoms. The lowest BCUT2D eigenvalue weighted by molar-refractivity contribution is 0.398. The summed E-state index contributed by atoms with van der Waals surface area (Å²) in [5.74, 6) is -2.06. The summed E-state index contributed by atoms with van der Waals surface area (Å²) >= 11 is 0. The van der Waals surface area contributed by atoms with E-state index in [1.807, 2.05) is 70.2 Å². The first-order valence-corrected chi connectivity index (χ1v) is 15.2. The van der Waals surface area contributed by atoms with Gasteiger partial charge in [-0.15, -0.1) is 0 Å². The number of aryl methyl sites for hydroxylation is 2. The third-order valence-corrected chi connectivity index (χ3v) is 8.76. The summed E-state index contributed by atoms with van der Waals surface area (Å²) in [6.07, 6.45) is 3.11. The van der Waals surface area contributed by atoms with Gasteiger partial charge in [0.05, 0.1) is 16.8 Å². The molecule has 0 unspecified atom stereocenters. The molecule has 0 bridgehead atoms. The zero-order chi connectivity index (χ0) is 33.2. The van der Waals surface area contributed by atoms with E-state index in [-0.39, 0.29) is 51.5 Å². The first-order chi connectivity index (χ1) is 21.8. The average molecular weight is 617 g/mol. The highest BCUT2D eigenvalue weighted by Gasteiger charge is 2.28. The van der Waals surface area contributed by atoms with E-state index in [1.165, 1.54) is 12.3 Å². The second-order valence-corrected chi connectivity index (χ2v) is 12.4. The highest BCUT2D eigenvalue weighted by molar-refractivity contribution is 6.13. The fourth-order valence-corrected chi connectivity index (χ4v) is 6.70. The minimum atomic E-state index is -0.426. The number of aliphatic imine (C=N–C) groups is 1. The van der Waals surface area contributed by atoms with Crippen LogP contribution in [0.5, 0.6) is 34.5 Å². The largest absolute Gasteiger partial charge is 0.507 e. The van der Waals surface area contributed by atoms with E-state index >= 15 is 0 Å². The zero-order valence-electron chi connectivity index (χ0n) is 26.5. The molecule has 0 aliphatic carbocycles. The minimum absolute atomic E-state index is 0.110. The van der Waals surface area contributed by atoms with Gasteiger partial charge in [-0.2, -0.15) is 0 Å². The lowest BCUT2D eigenvalue weighted by Gasteiger charge is -2.23. The number of fused-ring (bicyclic) bond motifs is 3. The van der Waals surface area contributed by atoms with Crippen molar-refractivity contribution in [1.29, 1.82) is 0 Å². The van der Waals surface area contributed by atoms with Crippen molar-refractivity contribution >= 4 is 44.3 Å². The first-order valence-electron chi connectivity index (χ1n) is 15.2. The number of phenols is 6. The number of aromatic hydroxyl groups is 6. The van der Waals surface area contributed by atoms with Crippen LogP contribution in [0.3, 0.4) is 0 Å². The number of aromatic nitrogens is 1. The SMILES string of the molecule is Cc1cc2c(C(C)C)c(O)c(O)cc2c(O)c1-c1c(C)cc2c(C(C)C)c(O)c(O)c(C=Nc3cccc4ncccc34)c2c1O. The minimum Gasteiger partial charge on any atom is -0.507 e. The van der Waals surface area contributed by atoms with Gasteiger partial charge >= 0.3 is 0 Å². The second kappa shape index (κ2) is 11.1. The van der Waals surface area contributed by atoms with Gasteiger partial charge in [0.2, 0.25) is 0 Å². The number of phenolic OH excluding ortho intramolecular Hbond substituents is 6.